The Bertz CT molecular complexity index is 662. The van der Waals surface area contributed by atoms with Crippen molar-refractivity contribution in [1.29, 1.82) is 0 Å². The third kappa shape index (κ3) is 3.34. The fraction of sp³-hybridized carbons (Fsp3) is 0.231. The van der Waals surface area contributed by atoms with Crippen LogP contribution in [0.15, 0.2) is 40.6 Å². The van der Waals surface area contributed by atoms with Gasteiger partial charge in [-0.3, -0.25) is 0 Å². The van der Waals surface area contributed by atoms with Gasteiger partial charge in [0, 0.05) is 17.0 Å². The lowest BCUT2D eigenvalue weighted by Gasteiger charge is -2.09. The quantitative estimate of drug-likeness (QED) is 0.922. The Morgan fingerprint density at radius 1 is 1.21 bits per heavy atom. The van der Waals surface area contributed by atoms with Gasteiger partial charge in [-0.2, -0.15) is 0 Å². The van der Waals surface area contributed by atoms with Gasteiger partial charge >= 0.3 is 0 Å². The van der Waals surface area contributed by atoms with Gasteiger partial charge in [-0.25, -0.2) is 13.1 Å². The first-order valence-electron chi connectivity index (χ1n) is 5.71. The van der Waals surface area contributed by atoms with Crippen molar-refractivity contribution in [3.05, 3.63) is 46.8 Å². The van der Waals surface area contributed by atoms with E-state index in [4.69, 9.17) is 4.74 Å². The Kier molecular flexibility index (Phi) is 4.24. The van der Waals surface area contributed by atoms with Crippen LogP contribution in [0.3, 0.4) is 0 Å². The standard InChI is InChI=1S/C13H15NO3S2/c1-10-7-8-13(18-10)19(15,16)14-9-11-5-3-4-6-12(11)17-2/h3-8,14H,9H2,1-2H3. The minimum absolute atomic E-state index is 0.212. The molecule has 1 N–H and O–H groups in total. The van der Waals surface area contributed by atoms with E-state index in [0.29, 0.717) is 9.96 Å². The van der Waals surface area contributed by atoms with Crippen molar-refractivity contribution < 1.29 is 13.2 Å². The number of nitrogens with one attached hydrogen (secondary N) is 1. The second kappa shape index (κ2) is 5.73. The Morgan fingerprint density at radius 2 is 1.95 bits per heavy atom. The van der Waals surface area contributed by atoms with E-state index in [1.807, 2.05) is 25.1 Å². The molecule has 1 heterocycles. The number of sulfonamides is 1. The van der Waals surface area contributed by atoms with Gasteiger partial charge < -0.3 is 4.74 Å². The highest BCUT2D eigenvalue weighted by atomic mass is 32.2. The number of methoxy groups -OCH3 is 1. The Labute approximate surface area is 117 Å². The third-order valence-electron chi connectivity index (χ3n) is 2.63. The normalized spacial score (nSPS) is 11.5. The van der Waals surface area contributed by atoms with Crippen LogP contribution in [-0.2, 0) is 16.6 Å². The summed E-state index contributed by atoms with van der Waals surface area (Å²) in [5.41, 5.74) is 0.807. The summed E-state index contributed by atoms with van der Waals surface area (Å²) in [4.78, 5) is 0.970. The summed E-state index contributed by atoms with van der Waals surface area (Å²) < 4.78 is 32.3. The molecule has 0 aliphatic rings. The molecular weight excluding hydrogens is 282 g/mol. The molecule has 102 valence electrons. The molecule has 0 amide bonds. The van der Waals surface area contributed by atoms with Gasteiger partial charge in [0.25, 0.3) is 0 Å². The van der Waals surface area contributed by atoms with Crippen molar-refractivity contribution in [2.75, 3.05) is 7.11 Å². The summed E-state index contributed by atoms with van der Waals surface area (Å²) >= 11 is 1.26. The smallest absolute Gasteiger partial charge is 0.250 e. The van der Waals surface area contributed by atoms with E-state index in [2.05, 4.69) is 4.72 Å². The van der Waals surface area contributed by atoms with Crippen LogP contribution in [0, 0.1) is 6.92 Å². The highest BCUT2D eigenvalue weighted by Gasteiger charge is 2.16. The zero-order chi connectivity index (χ0) is 13.9. The molecule has 1 aromatic heterocycles. The van der Waals surface area contributed by atoms with Crippen molar-refractivity contribution in [3.63, 3.8) is 0 Å². The number of para-hydroxylation sites is 1. The first-order valence-corrected chi connectivity index (χ1v) is 8.01. The summed E-state index contributed by atoms with van der Waals surface area (Å²) in [7, 11) is -1.88. The van der Waals surface area contributed by atoms with Crippen LogP contribution < -0.4 is 9.46 Å². The fourth-order valence-corrected chi connectivity index (χ4v) is 3.98. The molecule has 2 rings (SSSR count). The number of rotatable bonds is 5. The first-order chi connectivity index (χ1) is 9.03. The molecule has 0 saturated heterocycles. The second-order valence-electron chi connectivity index (χ2n) is 4.00. The van der Waals surface area contributed by atoms with Crippen LogP contribution in [0.5, 0.6) is 5.75 Å². The zero-order valence-electron chi connectivity index (χ0n) is 10.7. The lowest BCUT2D eigenvalue weighted by atomic mass is 10.2. The van der Waals surface area contributed by atoms with E-state index in [9.17, 15) is 8.42 Å². The van der Waals surface area contributed by atoms with Crippen molar-refractivity contribution in [3.8, 4) is 5.75 Å². The van der Waals surface area contributed by atoms with Crippen LogP contribution in [0.2, 0.25) is 0 Å². The maximum Gasteiger partial charge on any atom is 0.250 e. The Morgan fingerprint density at radius 3 is 2.58 bits per heavy atom. The van der Waals surface area contributed by atoms with E-state index < -0.39 is 10.0 Å². The van der Waals surface area contributed by atoms with Crippen LogP contribution in [0.25, 0.3) is 0 Å². The fourth-order valence-electron chi connectivity index (χ4n) is 1.65. The van der Waals surface area contributed by atoms with Gasteiger partial charge in [-0.1, -0.05) is 18.2 Å². The van der Waals surface area contributed by atoms with Crippen LogP contribution in [0.1, 0.15) is 10.4 Å². The van der Waals surface area contributed by atoms with Gasteiger partial charge in [-0.15, -0.1) is 11.3 Å². The van der Waals surface area contributed by atoms with E-state index in [0.717, 1.165) is 10.4 Å². The number of thiophene rings is 1. The number of ether oxygens (including phenoxy) is 1. The molecule has 0 unspecified atom stereocenters. The van der Waals surface area contributed by atoms with Gasteiger partial charge in [-0.05, 0) is 25.1 Å². The zero-order valence-corrected chi connectivity index (χ0v) is 12.3. The van der Waals surface area contributed by atoms with Crippen molar-refractivity contribution in [1.82, 2.24) is 4.72 Å². The molecule has 0 aliphatic carbocycles. The van der Waals surface area contributed by atoms with Crippen LogP contribution in [0.4, 0.5) is 0 Å². The lowest BCUT2D eigenvalue weighted by Crippen LogP contribution is -2.22. The Hall–Kier alpha value is -1.37. The Balaban J connectivity index is 2.14. The van der Waals surface area contributed by atoms with Gasteiger partial charge in [0.2, 0.25) is 10.0 Å². The highest BCUT2D eigenvalue weighted by molar-refractivity contribution is 7.91. The monoisotopic (exact) mass is 297 g/mol. The van der Waals surface area contributed by atoms with Gasteiger partial charge in [0.15, 0.2) is 0 Å². The SMILES string of the molecule is COc1ccccc1CNS(=O)(=O)c1ccc(C)s1. The van der Waals surface area contributed by atoms with Crippen LogP contribution >= 0.6 is 11.3 Å². The number of hydrogen-bond acceptors (Lipinski definition) is 4. The highest BCUT2D eigenvalue weighted by Crippen LogP contribution is 2.22. The summed E-state index contributed by atoms with van der Waals surface area (Å²) in [5.74, 6) is 0.674. The molecule has 2 aromatic rings. The van der Waals surface area contributed by atoms with E-state index in [1.54, 1.807) is 25.3 Å². The summed E-state index contributed by atoms with van der Waals surface area (Å²) in [6, 6.07) is 10.7. The molecule has 19 heavy (non-hydrogen) atoms. The molecular formula is C13H15NO3S2. The third-order valence-corrected chi connectivity index (χ3v) is 5.52. The molecule has 0 atom stereocenters. The minimum atomic E-state index is -3.45. The summed E-state index contributed by atoms with van der Waals surface area (Å²) in [5, 5.41) is 0. The molecule has 0 bridgehead atoms. The van der Waals surface area contributed by atoms with Crippen molar-refractivity contribution >= 4 is 21.4 Å². The minimum Gasteiger partial charge on any atom is -0.496 e. The van der Waals surface area contributed by atoms with Crippen molar-refractivity contribution in [2.24, 2.45) is 0 Å². The number of benzene rings is 1. The first kappa shape index (κ1) is 14.0. The molecule has 1 aromatic carbocycles. The summed E-state index contributed by atoms with van der Waals surface area (Å²) in [6.07, 6.45) is 0. The number of hydrogen-bond donors (Lipinski definition) is 1. The average Bonchev–Trinajstić information content (AvgIpc) is 2.84. The number of aryl methyl sites for hydroxylation is 1. The second-order valence-corrected chi connectivity index (χ2v) is 7.28. The van der Waals surface area contributed by atoms with E-state index >= 15 is 0 Å². The molecule has 0 fully saturated rings. The maximum absolute atomic E-state index is 12.1. The molecule has 6 heteroatoms. The van der Waals surface area contributed by atoms with E-state index in [1.165, 1.54) is 11.3 Å². The van der Waals surface area contributed by atoms with Crippen LogP contribution in [-0.4, -0.2) is 15.5 Å². The molecule has 0 saturated carbocycles. The van der Waals surface area contributed by atoms with E-state index in [-0.39, 0.29) is 6.54 Å². The predicted molar refractivity (Wildman–Crippen MR) is 76.1 cm³/mol. The van der Waals surface area contributed by atoms with Gasteiger partial charge in [0.05, 0.1) is 7.11 Å². The van der Waals surface area contributed by atoms with Gasteiger partial charge in [0.1, 0.15) is 9.96 Å². The lowest BCUT2D eigenvalue weighted by molar-refractivity contribution is 0.409. The predicted octanol–water partition coefficient (Wildman–Crippen LogP) is 2.54. The molecule has 4 nitrogen and oxygen atoms in total. The molecule has 0 radical (unpaired) electrons. The largest absolute Gasteiger partial charge is 0.496 e. The molecule has 0 aliphatic heterocycles. The topological polar surface area (TPSA) is 55.4 Å². The van der Waals surface area contributed by atoms with Crippen molar-refractivity contribution in [2.45, 2.75) is 17.7 Å². The summed E-state index contributed by atoms with van der Waals surface area (Å²) in [6.45, 7) is 2.09. The molecule has 0 spiro atoms. The average molecular weight is 297 g/mol. The maximum atomic E-state index is 12.1.